The second-order valence-corrected chi connectivity index (χ2v) is 5.85. The summed E-state index contributed by atoms with van der Waals surface area (Å²) < 4.78 is 38.3. The fraction of sp³-hybridized carbons (Fsp3) is 0.0833. The van der Waals surface area contributed by atoms with Crippen molar-refractivity contribution in [1.29, 1.82) is 0 Å². The fourth-order valence-corrected chi connectivity index (χ4v) is 3.04. The van der Waals surface area contributed by atoms with Crippen LogP contribution >= 0.6 is 13.3 Å². The molecule has 0 fully saturated rings. The van der Waals surface area contributed by atoms with Crippen LogP contribution in [0.15, 0.2) is 24.3 Å². The van der Waals surface area contributed by atoms with E-state index in [1.165, 1.54) is 0 Å². The normalized spacial score (nSPS) is 5.37. The summed E-state index contributed by atoms with van der Waals surface area (Å²) in [5.74, 6) is 0.898. The van der Waals surface area contributed by atoms with Gasteiger partial charge in [-0.2, -0.15) is 0 Å². The van der Waals surface area contributed by atoms with Crippen molar-refractivity contribution in [2.75, 3.05) is 7.11 Å². The monoisotopic (exact) mass is 494 g/mol. The van der Waals surface area contributed by atoms with E-state index in [4.69, 9.17) is 23.3 Å². The summed E-state index contributed by atoms with van der Waals surface area (Å²) in [5.41, 5.74) is 1.16. The van der Waals surface area contributed by atoms with E-state index in [0.717, 1.165) is 11.3 Å². The zero-order valence-corrected chi connectivity index (χ0v) is 14.2. The van der Waals surface area contributed by atoms with Crippen LogP contribution in [0.1, 0.15) is 5.56 Å². The van der Waals surface area contributed by atoms with Gasteiger partial charge < -0.3 is 0 Å². The topological polar surface area (TPSA) is 88.8 Å². The summed E-state index contributed by atoms with van der Waals surface area (Å²) in [4.78, 5) is 0. The van der Waals surface area contributed by atoms with Gasteiger partial charge >= 0.3 is 126 Å². The number of halogens is 1. The van der Waals surface area contributed by atoms with E-state index in [1.807, 2.05) is 24.3 Å². The first-order valence-corrected chi connectivity index (χ1v) is 11.7. The average Bonchev–Trinajstić information content (AvgIpc) is 2.56. The molecule has 98 valence electrons. The van der Waals surface area contributed by atoms with Crippen LogP contribution in [-0.2, 0) is 34.5 Å². The molecule has 0 aromatic heterocycles. The van der Waals surface area contributed by atoms with Crippen LogP contribution in [0.3, 0.4) is 0 Å². The molecule has 0 amide bonds. The standard InChI is InChI=1S/C8H7O.4CO.BrH.W/c1-7-3-5-8(9-2)6-4-7;4*1-2;;/h3-6H,2H3;;;;;1H;/q;;;;;;+1/p-1. The van der Waals surface area contributed by atoms with Gasteiger partial charge in [0, 0.05) is 0 Å². The van der Waals surface area contributed by atoms with Gasteiger partial charge in [-0.1, -0.05) is 0 Å². The first kappa shape index (κ1) is 26.5. The number of benzene rings is 1. The third-order valence-corrected chi connectivity index (χ3v) is 3.70. The molecule has 1 aromatic rings. The number of ether oxygens (including phenoxy) is 1. The minimum absolute atomic E-state index is 0.490. The maximum absolute atomic E-state index is 7.50. The van der Waals surface area contributed by atoms with Crippen molar-refractivity contribution in [2.24, 2.45) is 0 Å². The van der Waals surface area contributed by atoms with Gasteiger partial charge in [0.05, 0.1) is 0 Å². The molecule has 0 spiro atoms. The molecule has 0 saturated carbocycles. The van der Waals surface area contributed by atoms with Gasteiger partial charge in [0.15, 0.2) is 0 Å². The third kappa shape index (κ3) is 19.4. The maximum atomic E-state index is 7.50. The SMILES string of the molecule is COc1ccc([C]#[W][Br])cc1.[C-]#[O+].[C-]#[O+].[C-]#[O+].[C-]#[O+]. The Balaban J connectivity index is -0.000000121. The molecule has 0 aliphatic heterocycles. The molecular weight excluding hydrogens is 488 g/mol. The molecule has 5 nitrogen and oxygen atoms in total. The minimum atomic E-state index is -0.490. The van der Waals surface area contributed by atoms with Gasteiger partial charge in [-0.15, -0.1) is 0 Å². The van der Waals surface area contributed by atoms with Crippen LogP contribution in [0.5, 0.6) is 5.75 Å². The molecule has 7 heteroatoms. The van der Waals surface area contributed by atoms with Crippen LogP contribution < -0.4 is 4.74 Å². The molecule has 0 saturated heterocycles. The Kier molecular flexibility index (Phi) is 42.1. The van der Waals surface area contributed by atoms with Crippen LogP contribution in [0.4, 0.5) is 0 Å². The summed E-state index contributed by atoms with van der Waals surface area (Å²) in [6.07, 6.45) is 0. The van der Waals surface area contributed by atoms with Crippen LogP contribution in [0.25, 0.3) is 0 Å². The first-order chi connectivity index (χ1) is 9.36. The molecule has 0 radical (unpaired) electrons. The van der Waals surface area contributed by atoms with Crippen molar-refractivity contribution >= 4 is 13.3 Å². The van der Waals surface area contributed by atoms with E-state index in [0.29, 0.717) is 0 Å². The molecule has 0 bridgehead atoms. The molecule has 0 aliphatic rings. The average molecular weight is 495 g/mol. The van der Waals surface area contributed by atoms with Crippen molar-refractivity contribution < 1.29 is 39.2 Å². The zero-order valence-electron chi connectivity index (χ0n) is 9.64. The Morgan fingerprint density at radius 1 is 0.947 bits per heavy atom. The van der Waals surface area contributed by atoms with Gasteiger partial charge in [-0.05, 0) is 0 Å². The molecule has 0 atom stereocenters. The quantitative estimate of drug-likeness (QED) is 0.435. The van der Waals surface area contributed by atoms with Crippen molar-refractivity contribution in [3.63, 3.8) is 0 Å². The first-order valence-electron chi connectivity index (χ1n) is 3.86. The van der Waals surface area contributed by atoms with Crippen molar-refractivity contribution in [3.8, 4) is 9.95 Å². The third-order valence-electron chi connectivity index (χ3n) is 1.25. The van der Waals surface area contributed by atoms with Gasteiger partial charge in [0.1, 0.15) is 0 Å². The van der Waals surface area contributed by atoms with E-state index in [1.54, 1.807) is 7.11 Å². The zero-order chi connectivity index (χ0) is 16.1. The van der Waals surface area contributed by atoms with E-state index >= 15 is 0 Å². The molecule has 0 N–H and O–H groups in total. The van der Waals surface area contributed by atoms with E-state index in [9.17, 15) is 0 Å². The Hall–Kier alpha value is -1.07. The summed E-state index contributed by atoms with van der Waals surface area (Å²) in [6, 6.07) is 7.92. The summed E-state index contributed by atoms with van der Waals surface area (Å²) >= 11 is 2.96. The van der Waals surface area contributed by atoms with E-state index < -0.39 is 15.8 Å². The Labute approximate surface area is 126 Å². The van der Waals surface area contributed by atoms with E-state index in [-0.39, 0.29) is 0 Å². The molecule has 19 heavy (non-hydrogen) atoms. The molecule has 1 rings (SSSR count). The van der Waals surface area contributed by atoms with Crippen LogP contribution in [-0.4, -0.2) is 7.11 Å². The summed E-state index contributed by atoms with van der Waals surface area (Å²) in [6.45, 7) is 18.0. The molecular formula is C12H7BrO5W. The molecule has 1 aromatic carbocycles. The van der Waals surface area contributed by atoms with Gasteiger partial charge in [-0.25, -0.2) is 0 Å². The Bertz CT molecular complexity index is 412. The number of hydrogen-bond donors (Lipinski definition) is 0. The van der Waals surface area contributed by atoms with Gasteiger partial charge in [0.25, 0.3) is 0 Å². The molecule has 0 heterocycles. The summed E-state index contributed by atoms with van der Waals surface area (Å²) in [7, 11) is 1.67. The molecule has 0 aliphatic carbocycles. The van der Waals surface area contributed by atoms with Crippen molar-refractivity contribution in [3.05, 3.63) is 56.4 Å². The Morgan fingerprint density at radius 2 is 1.32 bits per heavy atom. The predicted molar refractivity (Wildman–Crippen MR) is 60.6 cm³/mol. The number of rotatable bonds is 1. The van der Waals surface area contributed by atoms with Crippen LogP contribution in [0, 0.1) is 30.8 Å². The van der Waals surface area contributed by atoms with Gasteiger partial charge in [-0.3, -0.25) is 0 Å². The van der Waals surface area contributed by atoms with E-state index in [2.05, 4.69) is 44.1 Å². The van der Waals surface area contributed by atoms with Gasteiger partial charge in [0.2, 0.25) is 0 Å². The second-order valence-electron chi connectivity index (χ2n) is 1.91. The fourth-order valence-electron chi connectivity index (χ4n) is 0.704. The number of methoxy groups -OCH3 is 1. The van der Waals surface area contributed by atoms with Crippen molar-refractivity contribution in [1.82, 2.24) is 0 Å². The number of hydrogen-bond acceptors (Lipinski definition) is 1. The second kappa shape index (κ2) is 30.2. The molecule has 0 unspecified atom stereocenters. The Morgan fingerprint density at radius 3 is 1.58 bits per heavy atom. The van der Waals surface area contributed by atoms with Crippen molar-refractivity contribution in [2.45, 2.75) is 0 Å². The van der Waals surface area contributed by atoms with Crippen LogP contribution in [0.2, 0.25) is 0 Å². The summed E-state index contributed by atoms with van der Waals surface area (Å²) in [5, 5.41) is 0. The predicted octanol–water partition coefficient (Wildman–Crippen LogP) is 2.24.